The summed E-state index contributed by atoms with van der Waals surface area (Å²) < 4.78 is 4.95. The van der Waals surface area contributed by atoms with Gasteiger partial charge in [0.05, 0.1) is 0 Å². The normalized spacial score (nSPS) is 10.1. The summed E-state index contributed by atoms with van der Waals surface area (Å²) in [5, 5.41) is 11.8. The predicted octanol–water partition coefficient (Wildman–Crippen LogP) is 1.08. The number of carbonyl (C=O) groups excluding carboxylic acids is 1. The van der Waals surface area contributed by atoms with Crippen molar-refractivity contribution in [2.24, 2.45) is 0 Å². The van der Waals surface area contributed by atoms with Crippen molar-refractivity contribution in [1.82, 2.24) is 10.2 Å². The molecule has 0 aromatic carbocycles. The maximum Gasteiger partial charge on any atom is 0.252 e. The molecular weight excluding hydrogens is 202 g/mol. The summed E-state index contributed by atoms with van der Waals surface area (Å²) in [5.41, 5.74) is 0. The van der Waals surface area contributed by atoms with E-state index in [1.807, 2.05) is 13.8 Å². The highest BCUT2D eigenvalue weighted by Gasteiger charge is 2.06. The molecule has 78 valence electrons. The Bertz CT molecular complexity index is 301. The Balaban J connectivity index is 2.39. The van der Waals surface area contributed by atoms with Gasteiger partial charge in [0, 0.05) is 6.61 Å². The van der Waals surface area contributed by atoms with Gasteiger partial charge in [0.2, 0.25) is 5.13 Å². The van der Waals surface area contributed by atoms with Crippen molar-refractivity contribution in [2.45, 2.75) is 20.3 Å². The first kappa shape index (κ1) is 11.1. The molecule has 0 aliphatic heterocycles. The van der Waals surface area contributed by atoms with Crippen LogP contribution in [-0.4, -0.2) is 29.3 Å². The molecule has 0 aliphatic carbocycles. The number of hydrogen-bond acceptors (Lipinski definition) is 5. The van der Waals surface area contributed by atoms with E-state index in [0.717, 1.165) is 11.4 Å². The Morgan fingerprint density at radius 2 is 2.29 bits per heavy atom. The molecule has 1 N–H and O–H groups in total. The monoisotopic (exact) mass is 215 g/mol. The number of aryl methyl sites for hydroxylation is 1. The molecular formula is C8H13N3O2S. The van der Waals surface area contributed by atoms with Crippen LogP contribution in [0, 0.1) is 0 Å². The number of nitrogens with one attached hydrogen (secondary N) is 1. The van der Waals surface area contributed by atoms with Crippen molar-refractivity contribution in [3.05, 3.63) is 5.01 Å². The number of anilines is 1. The summed E-state index contributed by atoms with van der Waals surface area (Å²) in [7, 11) is 0. The van der Waals surface area contributed by atoms with Crippen LogP contribution in [0.15, 0.2) is 0 Å². The number of amides is 1. The zero-order chi connectivity index (χ0) is 10.4. The van der Waals surface area contributed by atoms with Crippen LogP contribution >= 0.6 is 11.3 Å². The van der Waals surface area contributed by atoms with Gasteiger partial charge in [0.15, 0.2) is 0 Å². The molecule has 1 aromatic rings. The second-order valence-corrected chi connectivity index (χ2v) is 3.60. The Labute approximate surface area is 86.5 Å². The summed E-state index contributed by atoms with van der Waals surface area (Å²) in [4.78, 5) is 11.2. The van der Waals surface area contributed by atoms with E-state index >= 15 is 0 Å². The predicted molar refractivity (Wildman–Crippen MR) is 54.4 cm³/mol. The molecule has 1 amide bonds. The Morgan fingerprint density at radius 3 is 2.86 bits per heavy atom. The van der Waals surface area contributed by atoms with Crippen LogP contribution < -0.4 is 5.32 Å². The van der Waals surface area contributed by atoms with Gasteiger partial charge in [0.1, 0.15) is 11.6 Å². The van der Waals surface area contributed by atoms with Gasteiger partial charge in [-0.1, -0.05) is 18.3 Å². The van der Waals surface area contributed by atoms with E-state index in [0.29, 0.717) is 11.7 Å². The van der Waals surface area contributed by atoms with Gasteiger partial charge in [-0.2, -0.15) is 0 Å². The number of aromatic nitrogens is 2. The van der Waals surface area contributed by atoms with E-state index in [4.69, 9.17) is 4.74 Å². The second-order valence-electron chi connectivity index (χ2n) is 2.54. The molecule has 1 heterocycles. The summed E-state index contributed by atoms with van der Waals surface area (Å²) >= 11 is 1.38. The third kappa shape index (κ3) is 3.39. The van der Waals surface area contributed by atoms with Crippen molar-refractivity contribution in [3.8, 4) is 0 Å². The maximum atomic E-state index is 11.2. The van der Waals surface area contributed by atoms with Gasteiger partial charge in [-0.25, -0.2) is 0 Å². The molecule has 0 saturated heterocycles. The van der Waals surface area contributed by atoms with Crippen molar-refractivity contribution in [2.75, 3.05) is 18.5 Å². The number of rotatable bonds is 5. The quantitative estimate of drug-likeness (QED) is 0.798. The Morgan fingerprint density at radius 1 is 1.50 bits per heavy atom. The average molecular weight is 215 g/mol. The highest BCUT2D eigenvalue weighted by Crippen LogP contribution is 2.14. The molecule has 0 spiro atoms. The minimum Gasteiger partial charge on any atom is -0.372 e. The largest absolute Gasteiger partial charge is 0.372 e. The zero-order valence-electron chi connectivity index (χ0n) is 8.24. The number of nitrogens with zero attached hydrogens (tertiary/aromatic N) is 2. The molecule has 0 atom stereocenters. The molecule has 5 nitrogen and oxygen atoms in total. The van der Waals surface area contributed by atoms with Gasteiger partial charge in [-0.3, -0.25) is 10.1 Å². The highest BCUT2D eigenvalue weighted by molar-refractivity contribution is 7.15. The van der Waals surface area contributed by atoms with Crippen molar-refractivity contribution in [3.63, 3.8) is 0 Å². The van der Waals surface area contributed by atoms with E-state index in [1.54, 1.807) is 0 Å². The van der Waals surface area contributed by atoms with Gasteiger partial charge in [-0.05, 0) is 13.3 Å². The van der Waals surface area contributed by atoms with Gasteiger partial charge in [-0.15, -0.1) is 10.2 Å². The van der Waals surface area contributed by atoms with Crippen LogP contribution in [0.1, 0.15) is 18.9 Å². The summed E-state index contributed by atoms with van der Waals surface area (Å²) in [5.74, 6) is -0.189. The first-order valence-electron chi connectivity index (χ1n) is 4.46. The summed E-state index contributed by atoms with van der Waals surface area (Å²) in [6, 6.07) is 0. The maximum absolute atomic E-state index is 11.2. The molecule has 0 aliphatic rings. The zero-order valence-corrected chi connectivity index (χ0v) is 9.06. The molecule has 14 heavy (non-hydrogen) atoms. The third-order valence-electron chi connectivity index (χ3n) is 1.45. The van der Waals surface area contributed by atoms with Gasteiger partial charge >= 0.3 is 0 Å². The van der Waals surface area contributed by atoms with Crippen molar-refractivity contribution < 1.29 is 9.53 Å². The van der Waals surface area contributed by atoms with Crippen LogP contribution in [-0.2, 0) is 16.0 Å². The van der Waals surface area contributed by atoms with Crippen LogP contribution in [0.5, 0.6) is 0 Å². The molecule has 0 bridgehead atoms. The van der Waals surface area contributed by atoms with E-state index in [1.165, 1.54) is 11.3 Å². The lowest BCUT2D eigenvalue weighted by molar-refractivity contribution is -0.120. The molecule has 1 aromatic heterocycles. The fourth-order valence-corrected chi connectivity index (χ4v) is 1.49. The van der Waals surface area contributed by atoms with E-state index in [-0.39, 0.29) is 12.5 Å². The Kier molecular flexibility index (Phi) is 4.48. The van der Waals surface area contributed by atoms with Crippen LogP contribution in [0.3, 0.4) is 0 Å². The fraction of sp³-hybridized carbons (Fsp3) is 0.625. The lowest BCUT2D eigenvalue weighted by atomic mass is 10.5. The summed E-state index contributed by atoms with van der Waals surface area (Å²) in [6.45, 7) is 4.43. The first-order valence-corrected chi connectivity index (χ1v) is 5.27. The smallest absolute Gasteiger partial charge is 0.252 e. The second kappa shape index (κ2) is 5.66. The highest BCUT2D eigenvalue weighted by atomic mass is 32.1. The molecule has 6 heteroatoms. The van der Waals surface area contributed by atoms with E-state index in [9.17, 15) is 4.79 Å². The topological polar surface area (TPSA) is 64.1 Å². The minimum absolute atomic E-state index is 0.0670. The molecule has 0 fully saturated rings. The number of hydrogen-bond donors (Lipinski definition) is 1. The van der Waals surface area contributed by atoms with Crippen LogP contribution in [0.4, 0.5) is 5.13 Å². The van der Waals surface area contributed by atoms with Crippen molar-refractivity contribution >= 4 is 22.4 Å². The van der Waals surface area contributed by atoms with Gasteiger partial charge < -0.3 is 4.74 Å². The summed E-state index contributed by atoms with van der Waals surface area (Å²) in [6.07, 6.45) is 0.832. The average Bonchev–Trinajstić information content (AvgIpc) is 2.62. The molecule has 0 saturated carbocycles. The molecule has 0 radical (unpaired) electrons. The van der Waals surface area contributed by atoms with Crippen molar-refractivity contribution in [1.29, 1.82) is 0 Å². The number of ether oxygens (including phenoxy) is 1. The minimum atomic E-state index is -0.189. The number of carbonyl (C=O) groups is 1. The third-order valence-corrected chi connectivity index (χ3v) is 2.44. The lowest BCUT2D eigenvalue weighted by Gasteiger charge is -1.99. The van der Waals surface area contributed by atoms with Gasteiger partial charge in [0.25, 0.3) is 5.91 Å². The lowest BCUT2D eigenvalue weighted by Crippen LogP contribution is -2.17. The Hall–Kier alpha value is -1.01. The first-order chi connectivity index (χ1) is 6.76. The fourth-order valence-electron chi connectivity index (χ4n) is 0.797. The molecule has 0 unspecified atom stereocenters. The van der Waals surface area contributed by atoms with Crippen LogP contribution in [0.2, 0.25) is 0 Å². The van der Waals surface area contributed by atoms with Crippen LogP contribution in [0.25, 0.3) is 0 Å². The molecule has 1 rings (SSSR count). The van der Waals surface area contributed by atoms with E-state index in [2.05, 4.69) is 15.5 Å². The SMILES string of the molecule is CCOCC(=O)Nc1nnc(CC)s1. The van der Waals surface area contributed by atoms with E-state index < -0.39 is 0 Å². The standard InChI is InChI=1S/C8H13N3O2S/c1-3-7-10-11-8(14-7)9-6(12)5-13-4-2/h3-5H2,1-2H3,(H,9,11,12).